The SMILES string of the molecule is Cc1ccc(Cl)cc1S(=O)(=O)N1CCN(CC(F)(F)F)CC1. The van der Waals surface area contributed by atoms with Crippen LogP contribution >= 0.6 is 11.6 Å². The molecule has 1 heterocycles. The van der Waals surface area contributed by atoms with Crippen LogP contribution < -0.4 is 0 Å². The quantitative estimate of drug-likeness (QED) is 0.835. The van der Waals surface area contributed by atoms with Gasteiger partial charge in [-0.3, -0.25) is 4.90 Å². The molecule has 1 aliphatic heterocycles. The van der Waals surface area contributed by atoms with Crippen molar-refractivity contribution in [2.24, 2.45) is 0 Å². The number of halogens is 4. The molecule has 0 aliphatic carbocycles. The summed E-state index contributed by atoms with van der Waals surface area (Å²) in [5, 5.41) is 0.305. The zero-order chi connectivity index (χ0) is 16.5. The predicted octanol–water partition coefficient (Wildman–Crippen LogP) is 2.52. The van der Waals surface area contributed by atoms with E-state index in [0.717, 1.165) is 0 Å². The Morgan fingerprint density at radius 1 is 1.18 bits per heavy atom. The van der Waals surface area contributed by atoms with Crippen molar-refractivity contribution in [2.45, 2.75) is 18.0 Å². The summed E-state index contributed by atoms with van der Waals surface area (Å²) in [5.74, 6) is 0. The number of hydrogen-bond donors (Lipinski definition) is 0. The molecular formula is C13H16ClF3N2O2S. The first-order valence-electron chi connectivity index (χ1n) is 6.65. The molecular weight excluding hydrogens is 341 g/mol. The maximum atomic E-state index is 12.6. The molecule has 0 bridgehead atoms. The minimum atomic E-state index is -4.27. The largest absolute Gasteiger partial charge is 0.401 e. The van der Waals surface area contributed by atoms with Gasteiger partial charge < -0.3 is 0 Å². The Balaban J connectivity index is 2.11. The van der Waals surface area contributed by atoms with E-state index in [1.807, 2.05) is 0 Å². The number of hydrogen-bond acceptors (Lipinski definition) is 3. The van der Waals surface area contributed by atoms with Gasteiger partial charge in [-0.1, -0.05) is 17.7 Å². The van der Waals surface area contributed by atoms with Crippen LogP contribution in [-0.4, -0.2) is 56.5 Å². The highest BCUT2D eigenvalue weighted by atomic mass is 35.5. The number of aryl methyl sites for hydroxylation is 1. The Bertz CT molecular complexity index is 641. The van der Waals surface area contributed by atoms with Crippen LogP contribution in [0.4, 0.5) is 13.2 Å². The van der Waals surface area contributed by atoms with E-state index in [-0.39, 0.29) is 31.1 Å². The van der Waals surface area contributed by atoms with Crippen LogP contribution in [0.2, 0.25) is 5.02 Å². The maximum Gasteiger partial charge on any atom is 0.401 e. The molecule has 22 heavy (non-hydrogen) atoms. The summed E-state index contributed by atoms with van der Waals surface area (Å²) in [7, 11) is -3.74. The van der Waals surface area contributed by atoms with E-state index >= 15 is 0 Å². The molecule has 0 aromatic heterocycles. The Labute approximate surface area is 132 Å². The minimum Gasteiger partial charge on any atom is -0.292 e. The van der Waals surface area contributed by atoms with Crippen molar-refractivity contribution in [3.8, 4) is 0 Å². The molecule has 9 heteroatoms. The van der Waals surface area contributed by atoms with Crippen molar-refractivity contribution in [1.29, 1.82) is 0 Å². The fourth-order valence-electron chi connectivity index (χ4n) is 2.37. The Morgan fingerprint density at radius 3 is 2.32 bits per heavy atom. The van der Waals surface area contributed by atoms with E-state index in [0.29, 0.717) is 10.6 Å². The maximum absolute atomic E-state index is 12.6. The van der Waals surface area contributed by atoms with Gasteiger partial charge in [-0.05, 0) is 24.6 Å². The average molecular weight is 357 g/mol. The van der Waals surface area contributed by atoms with E-state index in [1.54, 1.807) is 19.1 Å². The van der Waals surface area contributed by atoms with Gasteiger partial charge in [-0.25, -0.2) is 8.42 Å². The monoisotopic (exact) mass is 356 g/mol. The molecule has 124 valence electrons. The second-order valence-electron chi connectivity index (χ2n) is 5.21. The van der Waals surface area contributed by atoms with Crippen molar-refractivity contribution < 1.29 is 21.6 Å². The number of nitrogens with zero attached hydrogens (tertiary/aromatic N) is 2. The lowest BCUT2D eigenvalue weighted by atomic mass is 10.2. The van der Waals surface area contributed by atoms with Gasteiger partial charge in [0.15, 0.2) is 0 Å². The Kier molecular flexibility index (Phi) is 5.06. The summed E-state index contributed by atoms with van der Waals surface area (Å²) >= 11 is 5.84. The minimum absolute atomic E-state index is 0.0321. The van der Waals surface area contributed by atoms with Crippen LogP contribution in [0, 0.1) is 6.92 Å². The summed E-state index contributed by atoms with van der Waals surface area (Å²) < 4.78 is 63.4. The molecule has 0 atom stereocenters. The van der Waals surface area contributed by atoms with Crippen molar-refractivity contribution in [3.63, 3.8) is 0 Å². The van der Waals surface area contributed by atoms with E-state index in [1.165, 1.54) is 15.3 Å². The zero-order valence-electron chi connectivity index (χ0n) is 11.9. The van der Waals surface area contributed by atoms with Crippen LogP contribution in [0.15, 0.2) is 23.1 Å². The van der Waals surface area contributed by atoms with Gasteiger partial charge in [-0.2, -0.15) is 17.5 Å². The number of rotatable bonds is 3. The van der Waals surface area contributed by atoms with Gasteiger partial charge >= 0.3 is 6.18 Å². The van der Waals surface area contributed by atoms with E-state index < -0.39 is 22.7 Å². The molecule has 0 unspecified atom stereocenters. The van der Waals surface area contributed by atoms with Gasteiger partial charge in [0.2, 0.25) is 10.0 Å². The Hall–Kier alpha value is -0.830. The topological polar surface area (TPSA) is 40.6 Å². The van der Waals surface area contributed by atoms with Gasteiger partial charge in [-0.15, -0.1) is 0 Å². The molecule has 2 rings (SSSR count). The molecule has 4 nitrogen and oxygen atoms in total. The molecule has 1 saturated heterocycles. The lowest BCUT2D eigenvalue weighted by Gasteiger charge is -2.34. The van der Waals surface area contributed by atoms with E-state index in [2.05, 4.69) is 0 Å². The van der Waals surface area contributed by atoms with Crippen LogP contribution in [0.25, 0.3) is 0 Å². The van der Waals surface area contributed by atoms with Crippen molar-refractivity contribution in [2.75, 3.05) is 32.7 Å². The Morgan fingerprint density at radius 2 is 1.77 bits per heavy atom. The summed E-state index contributed by atoms with van der Waals surface area (Å²) in [6, 6.07) is 4.57. The van der Waals surface area contributed by atoms with Gasteiger partial charge in [0.1, 0.15) is 0 Å². The van der Waals surface area contributed by atoms with E-state index in [4.69, 9.17) is 11.6 Å². The van der Waals surface area contributed by atoms with Gasteiger partial charge in [0.05, 0.1) is 11.4 Å². The fourth-order valence-corrected chi connectivity index (χ4v) is 4.28. The lowest BCUT2D eigenvalue weighted by molar-refractivity contribution is -0.148. The first-order valence-corrected chi connectivity index (χ1v) is 8.47. The second kappa shape index (κ2) is 6.35. The third kappa shape index (κ3) is 4.13. The molecule has 0 saturated carbocycles. The zero-order valence-corrected chi connectivity index (χ0v) is 13.5. The summed E-state index contributed by atoms with van der Waals surface area (Å²) in [5.41, 5.74) is 0.558. The number of sulfonamides is 1. The van der Waals surface area contributed by atoms with E-state index in [9.17, 15) is 21.6 Å². The highest BCUT2D eigenvalue weighted by Crippen LogP contribution is 2.25. The third-order valence-corrected chi connectivity index (χ3v) is 5.78. The van der Waals surface area contributed by atoms with Gasteiger partial charge in [0, 0.05) is 31.2 Å². The second-order valence-corrected chi connectivity index (χ2v) is 7.55. The first-order chi connectivity index (χ1) is 10.1. The summed E-state index contributed by atoms with van der Waals surface area (Å²) in [4.78, 5) is 1.31. The molecule has 1 aromatic carbocycles. The molecule has 1 aliphatic rings. The molecule has 0 spiro atoms. The lowest BCUT2D eigenvalue weighted by Crippen LogP contribution is -2.50. The average Bonchev–Trinajstić information content (AvgIpc) is 2.40. The third-order valence-electron chi connectivity index (χ3n) is 3.50. The van der Waals surface area contributed by atoms with Crippen LogP contribution in [0.1, 0.15) is 5.56 Å². The van der Waals surface area contributed by atoms with Crippen LogP contribution in [-0.2, 0) is 10.0 Å². The predicted molar refractivity (Wildman–Crippen MR) is 77.4 cm³/mol. The number of benzene rings is 1. The molecule has 0 amide bonds. The summed E-state index contributed by atoms with van der Waals surface area (Å²) in [6.45, 7) is 0.811. The van der Waals surface area contributed by atoms with Crippen LogP contribution in [0.3, 0.4) is 0 Å². The fraction of sp³-hybridized carbons (Fsp3) is 0.538. The number of piperazine rings is 1. The van der Waals surface area contributed by atoms with Crippen molar-refractivity contribution in [1.82, 2.24) is 9.21 Å². The molecule has 1 aromatic rings. The number of alkyl halides is 3. The normalized spacial score (nSPS) is 18.6. The standard InChI is InChI=1S/C13H16ClF3N2O2S/c1-10-2-3-11(14)8-12(10)22(20,21)19-6-4-18(5-7-19)9-13(15,16)17/h2-3,8H,4-7,9H2,1H3. The van der Waals surface area contributed by atoms with Crippen LogP contribution in [0.5, 0.6) is 0 Å². The van der Waals surface area contributed by atoms with Crippen molar-refractivity contribution >= 4 is 21.6 Å². The van der Waals surface area contributed by atoms with Crippen molar-refractivity contribution in [3.05, 3.63) is 28.8 Å². The highest BCUT2D eigenvalue weighted by Gasteiger charge is 2.35. The van der Waals surface area contributed by atoms with Gasteiger partial charge in [0.25, 0.3) is 0 Å². The molecule has 0 radical (unpaired) electrons. The first kappa shape index (κ1) is 17.5. The molecule has 1 fully saturated rings. The summed E-state index contributed by atoms with van der Waals surface area (Å²) in [6.07, 6.45) is -4.27. The highest BCUT2D eigenvalue weighted by molar-refractivity contribution is 7.89. The molecule has 0 N–H and O–H groups in total. The smallest absolute Gasteiger partial charge is 0.292 e.